The van der Waals surface area contributed by atoms with Crippen molar-refractivity contribution < 1.29 is 14.3 Å². The van der Waals surface area contributed by atoms with Gasteiger partial charge in [-0.05, 0) is 31.0 Å². The average Bonchev–Trinajstić information content (AvgIpc) is 2.97. The molecule has 1 aliphatic rings. The van der Waals surface area contributed by atoms with Crippen LogP contribution in [0.2, 0.25) is 0 Å². The summed E-state index contributed by atoms with van der Waals surface area (Å²) in [5.41, 5.74) is 2.61. The molecule has 0 unspecified atom stereocenters. The molecule has 0 aliphatic carbocycles. The van der Waals surface area contributed by atoms with E-state index in [0.717, 1.165) is 30.5 Å². The Hall–Kier alpha value is -1.85. The Labute approximate surface area is 136 Å². The zero-order chi connectivity index (χ0) is 16.4. The highest BCUT2D eigenvalue weighted by atomic mass is 16.3. The van der Waals surface area contributed by atoms with Crippen molar-refractivity contribution in [1.82, 2.24) is 9.80 Å². The predicted octanol–water partition coefficient (Wildman–Crippen LogP) is 2.13. The molecule has 1 amide bonds. The topological polar surface area (TPSA) is 56.9 Å². The molecule has 1 aromatic heterocycles. The molecule has 0 bridgehead atoms. The van der Waals surface area contributed by atoms with Gasteiger partial charge in [-0.15, -0.1) is 0 Å². The largest absolute Gasteiger partial charge is 0.463 e. The smallest absolute Gasteiger partial charge is 0.258 e. The fraction of sp³-hybridized carbons (Fsp3) is 0.500. The first-order chi connectivity index (χ1) is 11.1. The standard InChI is InChI=1S/C18H24N2O3/c1-3-14-4-5-17-15(10-14)16(12-23-17)18(22)20-7-6-19(8-9-21)11-13(20)2/h4-5,10,12-13,21H,3,6-9,11H2,1-2H3/t13-/m1/s1. The fourth-order valence-electron chi connectivity index (χ4n) is 3.30. The zero-order valence-corrected chi connectivity index (χ0v) is 13.8. The highest BCUT2D eigenvalue weighted by Gasteiger charge is 2.29. The van der Waals surface area contributed by atoms with Gasteiger partial charge in [0.2, 0.25) is 0 Å². The lowest BCUT2D eigenvalue weighted by Crippen LogP contribution is -2.54. The molecule has 23 heavy (non-hydrogen) atoms. The Bertz CT molecular complexity index is 695. The number of nitrogens with zero attached hydrogens (tertiary/aromatic N) is 2. The van der Waals surface area contributed by atoms with Crippen LogP contribution in [0.15, 0.2) is 28.9 Å². The number of amides is 1. The van der Waals surface area contributed by atoms with E-state index in [4.69, 9.17) is 9.52 Å². The Morgan fingerprint density at radius 3 is 2.91 bits per heavy atom. The van der Waals surface area contributed by atoms with Gasteiger partial charge < -0.3 is 14.4 Å². The molecule has 0 radical (unpaired) electrons. The minimum absolute atomic E-state index is 0.0353. The number of hydrogen-bond donors (Lipinski definition) is 1. The van der Waals surface area contributed by atoms with Gasteiger partial charge in [-0.25, -0.2) is 0 Å². The monoisotopic (exact) mass is 316 g/mol. The third-order valence-electron chi connectivity index (χ3n) is 4.67. The highest BCUT2D eigenvalue weighted by molar-refractivity contribution is 6.06. The maximum absolute atomic E-state index is 12.9. The number of hydrogen-bond acceptors (Lipinski definition) is 4. The Morgan fingerprint density at radius 2 is 2.22 bits per heavy atom. The van der Waals surface area contributed by atoms with Gasteiger partial charge in [-0.3, -0.25) is 9.69 Å². The lowest BCUT2D eigenvalue weighted by molar-refractivity contribution is 0.0459. The molecule has 2 heterocycles. The van der Waals surface area contributed by atoms with Crippen LogP contribution in [-0.2, 0) is 6.42 Å². The second-order valence-electron chi connectivity index (χ2n) is 6.21. The van der Waals surface area contributed by atoms with Crippen molar-refractivity contribution in [3.05, 3.63) is 35.6 Å². The molecule has 5 heteroatoms. The molecule has 1 atom stereocenters. The van der Waals surface area contributed by atoms with E-state index in [2.05, 4.69) is 24.8 Å². The van der Waals surface area contributed by atoms with Crippen LogP contribution >= 0.6 is 0 Å². The van der Waals surface area contributed by atoms with Gasteiger partial charge in [-0.1, -0.05) is 13.0 Å². The van der Waals surface area contributed by atoms with E-state index in [0.29, 0.717) is 18.7 Å². The molecule has 0 spiro atoms. The SMILES string of the molecule is CCc1ccc2occ(C(=O)N3CCN(CCO)C[C@H]3C)c2c1. The van der Waals surface area contributed by atoms with E-state index < -0.39 is 0 Å². The summed E-state index contributed by atoms with van der Waals surface area (Å²) in [6.07, 6.45) is 2.52. The van der Waals surface area contributed by atoms with E-state index in [1.54, 1.807) is 6.26 Å². The number of carbonyl (C=O) groups is 1. The van der Waals surface area contributed by atoms with Crippen molar-refractivity contribution in [3.8, 4) is 0 Å². The van der Waals surface area contributed by atoms with Crippen molar-refractivity contribution in [3.63, 3.8) is 0 Å². The molecular formula is C18H24N2O3. The molecule has 0 saturated carbocycles. The maximum atomic E-state index is 12.9. The van der Waals surface area contributed by atoms with Crippen LogP contribution in [0.25, 0.3) is 11.0 Å². The number of rotatable bonds is 4. The summed E-state index contributed by atoms with van der Waals surface area (Å²) < 4.78 is 5.56. The number of piperazine rings is 1. The number of furan rings is 1. The van der Waals surface area contributed by atoms with Crippen molar-refractivity contribution >= 4 is 16.9 Å². The Morgan fingerprint density at radius 1 is 1.39 bits per heavy atom. The van der Waals surface area contributed by atoms with Gasteiger partial charge in [0.1, 0.15) is 11.8 Å². The molecular weight excluding hydrogens is 292 g/mol. The number of β-amino-alcohol motifs (C(OH)–C–C–N with tert-alkyl or cyclic N) is 1. The minimum Gasteiger partial charge on any atom is -0.463 e. The van der Waals surface area contributed by atoms with Crippen LogP contribution in [0, 0.1) is 0 Å². The number of aliphatic hydroxyl groups excluding tert-OH is 1. The first kappa shape index (κ1) is 16.0. The van der Waals surface area contributed by atoms with Crippen LogP contribution < -0.4 is 0 Å². The first-order valence-electron chi connectivity index (χ1n) is 8.28. The quantitative estimate of drug-likeness (QED) is 0.939. The van der Waals surface area contributed by atoms with Crippen LogP contribution in [0.3, 0.4) is 0 Å². The number of aryl methyl sites for hydroxylation is 1. The number of aliphatic hydroxyl groups is 1. The molecule has 1 saturated heterocycles. The Kier molecular flexibility index (Phi) is 4.68. The van der Waals surface area contributed by atoms with Crippen LogP contribution in [-0.4, -0.2) is 59.6 Å². The van der Waals surface area contributed by atoms with Gasteiger partial charge in [0.15, 0.2) is 0 Å². The summed E-state index contributed by atoms with van der Waals surface area (Å²) >= 11 is 0. The molecule has 2 aromatic rings. The summed E-state index contributed by atoms with van der Waals surface area (Å²) in [7, 11) is 0. The summed E-state index contributed by atoms with van der Waals surface area (Å²) in [6.45, 7) is 7.26. The summed E-state index contributed by atoms with van der Waals surface area (Å²) in [6, 6.07) is 6.16. The fourth-order valence-corrected chi connectivity index (χ4v) is 3.30. The van der Waals surface area contributed by atoms with Gasteiger partial charge in [-0.2, -0.15) is 0 Å². The van der Waals surface area contributed by atoms with Crippen molar-refractivity contribution in [1.29, 1.82) is 0 Å². The molecule has 1 aromatic carbocycles. The van der Waals surface area contributed by atoms with Crippen molar-refractivity contribution in [2.45, 2.75) is 26.3 Å². The molecule has 5 nitrogen and oxygen atoms in total. The van der Waals surface area contributed by atoms with Crippen molar-refractivity contribution in [2.75, 3.05) is 32.8 Å². The van der Waals surface area contributed by atoms with Crippen LogP contribution in [0.4, 0.5) is 0 Å². The lowest BCUT2D eigenvalue weighted by atomic mass is 10.1. The second-order valence-corrected chi connectivity index (χ2v) is 6.21. The van der Waals surface area contributed by atoms with E-state index >= 15 is 0 Å². The first-order valence-corrected chi connectivity index (χ1v) is 8.28. The number of fused-ring (bicyclic) bond motifs is 1. The normalized spacial score (nSPS) is 19.4. The summed E-state index contributed by atoms with van der Waals surface area (Å²) in [5, 5.41) is 9.97. The maximum Gasteiger partial charge on any atom is 0.258 e. The molecule has 124 valence electrons. The number of carbonyl (C=O) groups excluding carboxylic acids is 1. The highest BCUT2D eigenvalue weighted by Crippen LogP contribution is 2.25. The lowest BCUT2D eigenvalue weighted by Gasteiger charge is -2.39. The Balaban J connectivity index is 1.83. The van der Waals surface area contributed by atoms with Gasteiger partial charge in [0.05, 0.1) is 12.2 Å². The van der Waals surface area contributed by atoms with Crippen LogP contribution in [0.5, 0.6) is 0 Å². The zero-order valence-electron chi connectivity index (χ0n) is 13.8. The third kappa shape index (κ3) is 3.12. The van der Waals surface area contributed by atoms with E-state index in [9.17, 15) is 4.79 Å². The molecule has 3 rings (SSSR count). The van der Waals surface area contributed by atoms with Gasteiger partial charge in [0.25, 0.3) is 5.91 Å². The van der Waals surface area contributed by atoms with E-state index in [1.165, 1.54) is 5.56 Å². The van der Waals surface area contributed by atoms with Crippen LogP contribution in [0.1, 0.15) is 29.8 Å². The van der Waals surface area contributed by atoms with E-state index in [1.807, 2.05) is 17.0 Å². The third-order valence-corrected chi connectivity index (χ3v) is 4.67. The average molecular weight is 316 g/mol. The minimum atomic E-state index is 0.0353. The van der Waals surface area contributed by atoms with Gasteiger partial charge in [0, 0.05) is 37.6 Å². The molecule has 1 aliphatic heterocycles. The predicted molar refractivity (Wildman–Crippen MR) is 89.6 cm³/mol. The summed E-state index contributed by atoms with van der Waals surface area (Å²) in [4.78, 5) is 17.1. The molecule has 1 N–H and O–H groups in total. The molecule has 1 fully saturated rings. The second kappa shape index (κ2) is 6.72. The van der Waals surface area contributed by atoms with Crippen molar-refractivity contribution in [2.24, 2.45) is 0 Å². The van der Waals surface area contributed by atoms with E-state index in [-0.39, 0.29) is 18.6 Å². The van der Waals surface area contributed by atoms with Gasteiger partial charge >= 0.3 is 0 Å². The number of benzene rings is 1. The summed E-state index contributed by atoms with van der Waals surface area (Å²) in [5.74, 6) is 0.0353.